The van der Waals surface area contributed by atoms with Crippen molar-refractivity contribution in [1.29, 1.82) is 0 Å². The van der Waals surface area contributed by atoms with Crippen molar-refractivity contribution in [2.45, 2.75) is 18.9 Å². The molecule has 6 heteroatoms. The van der Waals surface area contributed by atoms with Gasteiger partial charge < -0.3 is 14.8 Å². The second kappa shape index (κ2) is 7.36. The normalized spacial score (nSPS) is 16.0. The first kappa shape index (κ1) is 15.7. The van der Waals surface area contributed by atoms with Gasteiger partial charge in [-0.3, -0.25) is 4.79 Å². The molecule has 114 valence electrons. The molecule has 0 spiro atoms. The van der Waals surface area contributed by atoms with Crippen molar-refractivity contribution in [3.63, 3.8) is 0 Å². The van der Waals surface area contributed by atoms with Crippen LogP contribution in [0, 0.1) is 0 Å². The number of nitrogens with one attached hydrogen (secondary N) is 1. The van der Waals surface area contributed by atoms with Crippen LogP contribution < -0.4 is 10.1 Å². The van der Waals surface area contributed by atoms with Crippen LogP contribution in [0.2, 0.25) is 0 Å². The lowest BCUT2D eigenvalue weighted by molar-refractivity contribution is -0.121. The molecule has 1 heterocycles. The fourth-order valence-electron chi connectivity index (χ4n) is 2.19. The van der Waals surface area contributed by atoms with Crippen LogP contribution in [-0.4, -0.2) is 43.6 Å². The van der Waals surface area contributed by atoms with E-state index < -0.39 is 0 Å². The lowest BCUT2D eigenvalue weighted by Crippen LogP contribution is -2.34. The average molecular weight is 309 g/mol. The van der Waals surface area contributed by atoms with Gasteiger partial charge in [0.1, 0.15) is 11.9 Å². The summed E-state index contributed by atoms with van der Waals surface area (Å²) in [5, 5.41) is 2.87. The summed E-state index contributed by atoms with van der Waals surface area (Å²) >= 11 is 1.65. The van der Waals surface area contributed by atoms with Gasteiger partial charge in [0.2, 0.25) is 5.91 Å². The Balaban J connectivity index is 1.88. The molecule has 0 saturated carbocycles. The van der Waals surface area contributed by atoms with Crippen molar-refractivity contribution in [3.8, 4) is 5.75 Å². The van der Waals surface area contributed by atoms with Crippen LogP contribution in [0.3, 0.4) is 0 Å². The third-order valence-electron chi connectivity index (χ3n) is 3.28. The molecule has 1 aromatic carbocycles. The summed E-state index contributed by atoms with van der Waals surface area (Å²) < 4.78 is 10.5. The van der Waals surface area contributed by atoms with Crippen molar-refractivity contribution in [2.75, 3.05) is 25.7 Å². The third-order valence-corrected chi connectivity index (χ3v) is 3.90. The molecule has 0 aliphatic carbocycles. The predicted molar refractivity (Wildman–Crippen MR) is 81.9 cm³/mol. The zero-order chi connectivity index (χ0) is 15.2. The van der Waals surface area contributed by atoms with E-state index in [9.17, 15) is 9.59 Å². The molecule has 1 amide bonds. The van der Waals surface area contributed by atoms with Gasteiger partial charge in [0.15, 0.2) is 0 Å². The van der Waals surface area contributed by atoms with Crippen molar-refractivity contribution < 1.29 is 19.1 Å². The number of amides is 1. The molecule has 1 N–H and O–H groups in total. The maximum atomic E-state index is 11.6. The second-order valence-electron chi connectivity index (χ2n) is 4.80. The van der Waals surface area contributed by atoms with Crippen LogP contribution >= 0.6 is 11.8 Å². The lowest BCUT2D eigenvalue weighted by Gasteiger charge is -2.11. The standard InChI is InChI=1S/C15H19NO4S/c1-19-15(18)10-3-4-13-11(7-10)8-12(20-13)9-16-14(17)5-6-21-2/h3-4,7,12H,5-6,8-9H2,1-2H3,(H,16,17)/t12-/m1/s1. The number of thioether (sulfide) groups is 1. The summed E-state index contributed by atoms with van der Waals surface area (Å²) in [5.41, 5.74) is 1.49. The van der Waals surface area contributed by atoms with E-state index in [1.54, 1.807) is 30.0 Å². The monoisotopic (exact) mass is 309 g/mol. The van der Waals surface area contributed by atoms with Crippen LogP contribution in [0.15, 0.2) is 18.2 Å². The molecule has 0 saturated heterocycles. The van der Waals surface area contributed by atoms with Crippen LogP contribution in [0.25, 0.3) is 0 Å². The minimum absolute atomic E-state index is 0.0409. The average Bonchev–Trinajstić information content (AvgIpc) is 2.91. The van der Waals surface area contributed by atoms with Crippen LogP contribution in [0.4, 0.5) is 0 Å². The summed E-state index contributed by atoms with van der Waals surface area (Å²) in [6, 6.07) is 5.25. The molecule has 0 aromatic heterocycles. The predicted octanol–water partition coefficient (Wildman–Crippen LogP) is 1.65. The Hall–Kier alpha value is -1.69. The highest BCUT2D eigenvalue weighted by molar-refractivity contribution is 7.98. The highest BCUT2D eigenvalue weighted by Crippen LogP contribution is 2.29. The molecule has 0 bridgehead atoms. The zero-order valence-corrected chi connectivity index (χ0v) is 13.0. The van der Waals surface area contributed by atoms with Crippen LogP contribution in [-0.2, 0) is 16.0 Å². The van der Waals surface area contributed by atoms with Crippen molar-refractivity contribution in [1.82, 2.24) is 5.32 Å². The first-order valence-electron chi connectivity index (χ1n) is 6.77. The first-order valence-corrected chi connectivity index (χ1v) is 8.17. The van der Waals surface area contributed by atoms with Gasteiger partial charge in [-0.2, -0.15) is 11.8 Å². The van der Waals surface area contributed by atoms with Gasteiger partial charge >= 0.3 is 5.97 Å². The first-order chi connectivity index (χ1) is 10.1. The molecule has 0 unspecified atom stereocenters. The maximum Gasteiger partial charge on any atom is 0.337 e. The number of hydrogen-bond donors (Lipinski definition) is 1. The van der Waals surface area contributed by atoms with E-state index in [0.29, 0.717) is 24.9 Å². The quantitative estimate of drug-likeness (QED) is 0.809. The van der Waals surface area contributed by atoms with Gasteiger partial charge in [-0.25, -0.2) is 4.79 Å². The SMILES string of the molecule is COC(=O)c1ccc2c(c1)C[C@H](CNC(=O)CCSC)O2. The van der Waals surface area contributed by atoms with Crippen LogP contribution in [0.1, 0.15) is 22.3 Å². The smallest absolute Gasteiger partial charge is 0.337 e. The maximum absolute atomic E-state index is 11.6. The van der Waals surface area contributed by atoms with Gasteiger partial charge in [-0.1, -0.05) is 0 Å². The summed E-state index contributed by atoms with van der Waals surface area (Å²) in [4.78, 5) is 23.1. The minimum atomic E-state index is -0.355. The van der Waals surface area contributed by atoms with E-state index in [4.69, 9.17) is 9.47 Å². The number of methoxy groups -OCH3 is 1. The van der Waals surface area contributed by atoms with Crippen molar-refractivity contribution >= 4 is 23.6 Å². The topological polar surface area (TPSA) is 64.6 Å². The second-order valence-corrected chi connectivity index (χ2v) is 5.79. The Bertz CT molecular complexity index is 532. The zero-order valence-electron chi connectivity index (χ0n) is 12.2. The Morgan fingerprint density at radius 3 is 3.00 bits per heavy atom. The number of benzene rings is 1. The molecule has 0 fully saturated rings. The third kappa shape index (κ3) is 4.14. The number of ether oxygens (including phenoxy) is 2. The number of hydrogen-bond acceptors (Lipinski definition) is 5. The molecule has 1 aliphatic heterocycles. The summed E-state index contributed by atoms with van der Waals surface area (Å²) in [7, 11) is 1.36. The van der Waals surface area contributed by atoms with Gasteiger partial charge in [-0.05, 0) is 30.0 Å². The number of rotatable bonds is 6. The molecular formula is C15H19NO4S. The molecule has 1 atom stereocenters. The summed E-state index contributed by atoms with van der Waals surface area (Å²) in [6.07, 6.45) is 3.10. The molecule has 1 aromatic rings. The Labute approximate surface area is 128 Å². The number of fused-ring (bicyclic) bond motifs is 1. The molecule has 0 radical (unpaired) electrons. The molecule has 1 aliphatic rings. The van der Waals surface area contributed by atoms with Gasteiger partial charge in [0, 0.05) is 18.6 Å². The number of carbonyl (C=O) groups excluding carboxylic acids is 2. The minimum Gasteiger partial charge on any atom is -0.488 e. The number of esters is 1. The van der Waals surface area contributed by atoms with Gasteiger partial charge in [-0.15, -0.1) is 0 Å². The molecular weight excluding hydrogens is 290 g/mol. The largest absolute Gasteiger partial charge is 0.488 e. The summed E-state index contributed by atoms with van der Waals surface area (Å²) in [6.45, 7) is 0.482. The summed E-state index contributed by atoms with van der Waals surface area (Å²) in [5.74, 6) is 1.27. The number of carbonyl (C=O) groups is 2. The van der Waals surface area contributed by atoms with Crippen LogP contribution in [0.5, 0.6) is 5.75 Å². The Kier molecular flexibility index (Phi) is 5.50. The fraction of sp³-hybridized carbons (Fsp3) is 0.467. The molecule has 21 heavy (non-hydrogen) atoms. The molecule has 2 rings (SSSR count). The highest BCUT2D eigenvalue weighted by Gasteiger charge is 2.24. The lowest BCUT2D eigenvalue weighted by atomic mass is 10.1. The van der Waals surface area contributed by atoms with Crippen molar-refractivity contribution in [2.24, 2.45) is 0 Å². The van der Waals surface area contributed by atoms with E-state index in [1.807, 2.05) is 6.26 Å². The van der Waals surface area contributed by atoms with E-state index >= 15 is 0 Å². The fourth-order valence-corrected chi connectivity index (χ4v) is 2.58. The molecule has 5 nitrogen and oxygen atoms in total. The Morgan fingerprint density at radius 1 is 1.48 bits per heavy atom. The van der Waals surface area contributed by atoms with Crippen molar-refractivity contribution in [3.05, 3.63) is 29.3 Å². The Morgan fingerprint density at radius 2 is 2.29 bits per heavy atom. The van der Waals surface area contributed by atoms with Gasteiger partial charge in [0.05, 0.1) is 19.2 Å². The highest BCUT2D eigenvalue weighted by atomic mass is 32.2. The van der Waals surface area contributed by atoms with E-state index in [0.717, 1.165) is 17.1 Å². The van der Waals surface area contributed by atoms with E-state index in [-0.39, 0.29) is 18.0 Å². The van der Waals surface area contributed by atoms with E-state index in [2.05, 4.69) is 5.32 Å². The van der Waals surface area contributed by atoms with E-state index in [1.165, 1.54) is 7.11 Å². The van der Waals surface area contributed by atoms with Gasteiger partial charge in [0.25, 0.3) is 0 Å².